The average molecular weight is 538 g/mol. The lowest BCUT2D eigenvalue weighted by Crippen LogP contribution is -2.37. The molecule has 0 aromatic rings. The predicted molar refractivity (Wildman–Crippen MR) is 152 cm³/mol. The fraction of sp³-hybridized carbons (Fsp3) is 1.00. The van der Waals surface area contributed by atoms with Crippen LogP contribution in [0.15, 0.2) is 0 Å². The smallest absolute Gasteiger partial charge is 0.379 e. The molecule has 0 aromatic heterocycles. The first-order chi connectivity index (χ1) is 17.2. The molecule has 2 unspecified atom stereocenters. The topological polar surface area (TPSA) is 91.0 Å². The maximum Gasteiger partial charge on any atom is 0.472 e. The molecule has 0 rings (SSSR count). The summed E-state index contributed by atoms with van der Waals surface area (Å²) in [6.07, 6.45) is 23.7. The zero-order chi connectivity index (χ0) is 27.0. The van der Waals surface area contributed by atoms with E-state index in [9.17, 15) is 9.46 Å². The highest BCUT2D eigenvalue weighted by Gasteiger charge is 2.27. The Morgan fingerprint density at radius 1 is 0.722 bits per heavy atom. The highest BCUT2D eigenvalue weighted by atomic mass is 31.2. The van der Waals surface area contributed by atoms with Crippen molar-refractivity contribution in [2.24, 2.45) is 5.73 Å². The van der Waals surface area contributed by atoms with E-state index in [1.807, 2.05) is 21.1 Å². The van der Waals surface area contributed by atoms with Crippen LogP contribution < -0.4 is 5.73 Å². The Kier molecular flexibility index (Phi) is 24.1. The van der Waals surface area contributed by atoms with E-state index in [1.165, 1.54) is 103 Å². The summed E-state index contributed by atoms with van der Waals surface area (Å²) in [6, 6.07) is 0. The third-order valence-corrected chi connectivity index (χ3v) is 7.58. The standard InChI is InChI=1S/C28H61N2O5P/c1-5-6-7-8-9-10-11-12-13-14-15-16-17-18-19-20-21-22-24-33-27-28(26-29)35-36(31,32)34-25-23-30(2,3)4/h28H,5-27,29H2,1-4H3/p+1. The van der Waals surface area contributed by atoms with Gasteiger partial charge in [-0.1, -0.05) is 116 Å². The lowest BCUT2D eigenvalue weighted by molar-refractivity contribution is -0.870. The van der Waals surface area contributed by atoms with Crippen molar-refractivity contribution in [1.82, 2.24) is 0 Å². The second kappa shape index (κ2) is 24.1. The number of unbranched alkanes of at least 4 members (excludes halogenated alkanes) is 17. The molecule has 7 nitrogen and oxygen atoms in total. The number of phosphoric ester groups is 1. The number of phosphoric acid groups is 1. The third-order valence-electron chi connectivity index (χ3n) is 6.51. The molecule has 0 aliphatic carbocycles. The minimum Gasteiger partial charge on any atom is -0.379 e. The summed E-state index contributed by atoms with van der Waals surface area (Å²) in [5.74, 6) is 0. The van der Waals surface area contributed by atoms with E-state index in [4.69, 9.17) is 19.5 Å². The highest BCUT2D eigenvalue weighted by Crippen LogP contribution is 2.44. The Hall–Kier alpha value is -0.0100. The van der Waals surface area contributed by atoms with Crippen molar-refractivity contribution < 1.29 is 27.7 Å². The highest BCUT2D eigenvalue weighted by molar-refractivity contribution is 7.47. The molecule has 0 heterocycles. The number of ether oxygens (including phenoxy) is 1. The van der Waals surface area contributed by atoms with Crippen LogP contribution in [0.1, 0.15) is 122 Å². The number of rotatable bonds is 28. The molecule has 2 atom stereocenters. The molecule has 8 heteroatoms. The number of likely N-dealkylation sites (N-methyl/N-ethyl adjacent to an activating group) is 1. The van der Waals surface area contributed by atoms with Gasteiger partial charge >= 0.3 is 7.82 Å². The first-order valence-electron chi connectivity index (χ1n) is 14.9. The summed E-state index contributed by atoms with van der Waals surface area (Å²) in [4.78, 5) is 9.87. The normalized spacial score (nSPS) is 14.7. The van der Waals surface area contributed by atoms with Gasteiger partial charge in [0.2, 0.25) is 0 Å². The van der Waals surface area contributed by atoms with E-state index in [-0.39, 0.29) is 19.8 Å². The quantitative estimate of drug-likeness (QED) is 0.0622. The fourth-order valence-corrected chi connectivity index (χ4v) is 5.01. The van der Waals surface area contributed by atoms with E-state index < -0.39 is 13.9 Å². The van der Waals surface area contributed by atoms with Crippen LogP contribution in [-0.2, 0) is 18.3 Å². The Morgan fingerprint density at radius 3 is 1.53 bits per heavy atom. The van der Waals surface area contributed by atoms with Gasteiger partial charge in [0.05, 0.1) is 27.7 Å². The van der Waals surface area contributed by atoms with Crippen LogP contribution in [0.3, 0.4) is 0 Å². The molecular formula is C28H62N2O5P+. The van der Waals surface area contributed by atoms with E-state index in [0.29, 0.717) is 17.6 Å². The number of quaternary nitrogens is 1. The number of nitrogens with two attached hydrogens (primary N) is 1. The van der Waals surface area contributed by atoms with Crippen LogP contribution in [-0.4, -0.2) is 69.5 Å². The largest absolute Gasteiger partial charge is 0.472 e. The van der Waals surface area contributed by atoms with Gasteiger partial charge in [0.25, 0.3) is 0 Å². The SMILES string of the molecule is CCCCCCCCCCCCCCCCCCCCOCC(CN)OP(=O)(O)OCC[N+](C)(C)C. The molecule has 0 amide bonds. The lowest BCUT2D eigenvalue weighted by atomic mass is 10.0. The van der Waals surface area contributed by atoms with Gasteiger partial charge in [0, 0.05) is 13.2 Å². The Balaban J connectivity index is 3.45. The van der Waals surface area contributed by atoms with Crippen molar-refractivity contribution in [3.05, 3.63) is 0 Å². The van der Waals surface area contributed by atoms with Crippen molar-refractivity contribution in [3.63, 3.8) is 0 Å². The predicted octanol–water partition coefficient (Wildman–Crippen LogP) is 7.21. The Labute approximate surface area is 224 Å². The van der Waals surface area contributed by atoms with Gasteiger partial charge in [-0.2, -0.15) is 0 Å². The third kappa shape index (κ3) is 27.0. The van der Waals surface area contributed by atoms with Gasteiger partial charge < -0.3 is 19.8 Å². The summed E-state index contributed by atoms with van der Waals surface area (Å²) in [6.45, 7) is 3.98. The number of nitrogens with zero attached hydrogens (tertiary/aromatic N) is 1. The molecular weight excluding hydrogens is 475 g/mol. The summed E-state index contributed by atoms with van der Waals surface area (Å²) in [7, 11) is 1.85. The van der Waals surface area contributed by atoms with Gasteiger partial charge in [-0.05, 0) is 6.42 Å². The van der Waals surface area contributed by atoms with Gasteiger partial charge in [-0.3, -0.25) is 9.05 Å². The van der Waals surface area contributed by atoms with Crippen LogP contribution in [0.2, 0.25) is 0 Å². The summed E-state index contributed by atoms with van der Waals surface area (Å²) in [5, 5.41) is 0. The zero-order valence-corrected chi connectivity index (χ0v) is 25.3. The van der Waals surface area contributed by atoms with Crippen molar-refractivity contribution >= 4 is 7.82 Å². The minimum absolute atomic E-state index is 0.113. The van der Waals surface area contributed by atoms with Crippen molar-refractivity contribution in [2.75, 3.05) is 54.1 Å². The maximum absolute atomic E-state index is 12.1. The molecule has 0 saturated heterocycles. The maximum atomic E-state index is 12.1. The number of hydrogen-bond acceptors (Lipinski definition) is 5. The van der Waals surface area contributed by atoms with Crippen molar-refractivity contribution in [1.29, 1.82) is 0 Å². The van der Waals surface area contributed by atoms with Crippen LogP contribution in [0.5, 0.6) is 0 Å². The molecule has 0 aliphatic heterocycles. The van der Waals surface area contributed by atoms with Crippen LogP contribution in [0.4, 0.5) is 0 Å². The molecule has 218 valence electrons. The van der Waals surface area contributed by atoms with Crippen molar-refractivity contribution in [2.45, 2.75) is 129 Å². The van der Waals surface area contributed by atoms with Gasteiger partial charge in [0.1, 0.15) is 19.3 Å². The second-order valence-electron chi connectivity index (χ2n) is 11.4. The summed E-state index contributed by atoms with van der Waals surface area (Å²) in [5.41, 5.74) is 5.67. The number of hydrogen-bond donors (Lipinski definition) is 2. The van der Waals surface area contributed by atoms with Crippen LogP contribution in [0.25, 0.3) is 0 Å². The molecule has 0 radical (unpaired) electrons. The fourth-order valence-electron chi connectivity index (χ4n) is 4.11. The Bertz CT molecular complexity index is 517. The minimum atomic E-state index is -4.12. The molecule has 36 heavy (non-hydrogen) atoms. The first-order valence-corrected chi connectivity index (χ1v) is 16.4. The lowest BCUT2D eigenvalue weighted by Gasteiger charge is -2.25. The van der Waals surface area contributed by atoms with E-state index >= 15 is 0 Å². The summed E-state index contributed by atoms with van der Waals surface area (Å²) < 4.78 is 28.6. The summed E-state index contributed by atoms with van der Waals surface area (Å²) >= 11 is 0. The molecule has 3 N–H and O–H groups in total. The molecule has 0 fully saturated rings. The second-order valence-corrected chi connectivity index (χ2v) is 12.8. The Morgan fingerprint density at radius 2 is 1.14 bits per heavy atom. The van der Waals surface area contributed by atoms with E-state index in [1.54, 1.807) is 0 Å². The monoisotopic (exact) mass is 537 g/mol. The van der Waals surface area contributed by atoms with Crippen LogP contribution >= 0.6 is 7.82 Å². The first kappa shape index (κ1) is 36.0. The van der Waals surface area contributed by atoms with E-state index in [2.05, 4.69) is 6.92 Å². The zero-order valence-electron chi connectivity index (χ0n) is 24.4. The molecule has 0 bridgehead atoms. The van der Waals surface area contributed by atoms with Gasteiger partial charge in [-0.15, -0.1) is 0 Å². The molecule has 0 aliphatic rings. The van der Waals surface area contributed by atoms with Gasteiger partial charge in [0.15, 0.2) is 0 Å². The molecule has 0 saturated carbocycles. The van der Waals surface area contributed by atoms with Crippen LogP contribution in [0, 0.1) is 0 Å². The van der Waals surface area contributed by atoms with Crippen molar-refractivity contribution in [3.8, 4) is 0 Å². The van der Waals surface area contributed by atoms with E-state index in [0.717, 1.165) is 12.8 Å². The van der Waals surface area contributed by atoms with Gasteiger partial charge in [-0.25, -0.2) is 4.57 Å². The average Bonchev–Trinajstić information content (AvgIpc) is 2.81. The molecule has 0 spiro atoms. The molecule has 0 aromatic carbocycles.